The van der Waals surface area contributed by atoms with Gasteiger partial charge in [-0.3, -0.25) is 4.79 Å². The highest BCUT2D eigenvalue weighted by atomic mass is 28.3. The van der Waals surface area contributed by atoms with Gasteiger partial charge in [0.1, 0.15) is 0 Å². The van der Waals surface area contributed by atoms with Gasteiger partial charge in [-0.15, -0.1) is 0 Å². The Hall–Kier alpha value is -1.10. The van der Waals surface area contributed by atoms with Crippen LogP contribution in [0.3, 0.4) is 0 Å². The number of carboxylic acid groups (broad SMARTS) is 1. The van der Waals surface area contributed by atoms with Crippen LogP contribution >= 0.6 is 0 Å². The second-order valence-electron chi connectivity index (χ2n) is 8.69. The Morgan fingerprint density at radius 1 is 1.33 bits per heavy atom. The van der Waals surface area contributed by atoms with Gasteiger partial charge in [-0.05, 0) is 50.4 Å². The first-order valence-electron chi connectivity index (χ1n) is 9.15. The highest BCUT2D eigenvalue weighted by Crippen LogP contribution is 2.43. The van der Waals surface area contributed by atoms with Gasteiger partial charge >= 0.3 is 5.97 Å². The molecule has 0 unspecified atom stereocenters. The molecule has 0 bridgehead atoms. The van der Waals surface area contributed by atoms with E-state index in [1.54, 1.807) is 0 Å². The number of nitrogens with zero attached hydrogens (tertiary/aromatic N) is 2. The Balaban J connectivity index is 3.01. The minimum atomic E-state index is -1.38. The number of allylic oxidation sites excluding steroid dienone is 1. The van der Waals surface area contributed by atoms with Crippen molar-refractivity contribution in [2.75, 3.05) is 14.1 Å². The maximum Gasteiger partial charge on any atom is 0.303 e. The Kier molecular flexibility index (Phi) is 7.71. The summed E-state index contributed by atoms with van der Waals surface area (Å²) in [5.74, 6) is 0.689. The van der Waals surface area contributed by atoms with Gasteiger partial charge in [-0.1, -0.05) is 37.8 Å². The van der Waals surface area contributed by atoms with Crippen molar-refractivity contribution in [2.45, 2.75) is 65.6 Å². The molecular formula is C19H36N2O2Si. The van der Waals surface area contributed by atoms with E-state index < -0.39 is 14.0 Å². The first-order chi connectivity index (χ1) is 11.0. The van der Waals surface area contributed by atoms with E-state index in [1.165, 1.54) is 5.57 Å². The van der Waals surface area contributed by atoms with E-state index in [-0.39, 0.29) is 12.3 Å². The molecule has 138 valence electrons. The van der Waals surface area contributed by atoms with E-state index in [4.69, 9.17) is 0 Å². The predicted molar refractivity (Wildman–Crippen MR) is 105 cm³/mol. The van der Waals surface area contributed by atoms with Crippen molar-refractivity contribution in [3.05, 3.63) is 11.3 Å². The van der Waals surface area contributed by atoms with Crippen LogP contribution in [0, 0.1) is 17.8 Å². The van der Waals surface area contributed by atoms with Crippen LogP contribution in [0.1, 0.15) is 46.0 Å². The summed E-state index contributed by atoms with van der Waals surface area (Å²) < 4.78 is 0. The van der Waals surface area contributed by atoms with Crippen LogP contribution in [-0.4, -0.2) is 44.0 Å². The average Bonchev–Trinajstić information content (AvgIpc) is 2.38. The van der Waals surface area contributed by atoms with E-state index >= 15 is 0 Å². The van der Waals surface area contributed by atoms with Gasteiger partial charge in [-0.2, -0.15) is 5.10 Å². The highest BCUT2D eigenvalue weighted by Gasteiger charge is 2.34. The van der Waals surface area contributed by atoms with E-state index in [1.807, 2.05) is 19.1 Å². The van der Waals surface area contributed by atoms with Crippen LogP contribution in [0.2, 0.25) is 19.6 Å². The fraction of sp³-hybridized carbons (Fsp3) is 0.789. The molecule has 1 saturated carbocycles. The van der Waals surface area contributed by atoms with Gasteiger partial charge in [0.05, 0.1) is 14.5 Å². The van der Waals surface area contributed by atoms with Gasteiger partial charge in [0, 0.05) is 19.8 Å². The molecule has 0 aromatic heterocycles. The molecular weight excluding hydrogens is 316 g/mol. The number of rotatable bonds is 7. The molecule has 3 atom stereocenters. The molecule has 1 rings (SSSR count). The molecule has 1 fully saturated rings. The topological polar surface area (TPSA) is 52.9 Å². The number of hydrazone groups is 1. The zero-order valence-corrected chi connectivity index (χ0v) is 17.6. The van der Waals surface area contributed by atoms with Gasteiger partial charge in [0.25, 0.3) is 0 Å². The molecule has 1 N–H and O–H groups in total. The van der Waals surface area contributed by atoms with Gasteiger partial charge < -0.3 is 10.1 Å². The summed E-state index contributed by atoms with van der Waals surface area (Å²) in [7, 11) is 2.52. The summed E-state index contributed by atoms with van der Waals surface area (Å²) in [5.41, 5.74) is 5.08. The smallest absolute Gasteiger partial charge is 0.303 e. The van der Waals surface area contributed by atoms with Crippen LogP contribution in [0.25, 0.3) is 0 Å². The first-order valence-corrected chi connectivity index (χ1v) is 12.7. The lowest BCUT2D eigenvalue weighted by atomic mass is 9.69. The minimum Gasteiger partial charge on any atom is -0.481 e. The molecule has 5 heteroatoms. The van der Waals surface area contributed by atoms with Crippen LogP contribution in [-0.2, 0) is 4.79 Å². The molecule has 1 aliphatic carbocycles. The second-order valence-corrected chi connectivity index (χ2v) is 13.7. The Labute approximate surface area is 149 Å². The Morgan fingerprint density at radius 3 is 2.46 bits per heavy atom. The third-order valence-electron chi connectivity index (χ3n) is 4.77. The summed E-state index contributed by atoms with van der Waals surface area (Å²) in [4.78, 5) is 11.3. The average molecular weight is 353 g/mol. The predicted octanol–water partition coefficient (Wildman–Crippen LogP) is 4.64. The number of hydrogen-bond donors (Lipinski definition) is 1. The molecule has 0 aromatic carbocycles. The lowest BCUT2D eigenvalue weighted by Crippen LogP contribution is -2.31. The molecule has 0 spiro atoms. The van der Waals surface area contributed by atoms with Crippen molar-refractivity contribution in [1.82, 2.24) is 5.01 Å². The van der Waals surface area contributed by atoms with E-state index in [2.05, 4.69) is 44.3 Å². The molecule has 4 nitrogen and oxygen atoms in total. The van der Waals surface area contributed by atoms with Gasteiger partial charge in [0.2, 0.25) is 0 Å². The van der Waals surface area contributed by atoms with Crippen molar-refractivity contribution in [2.24, 2.45) is 22.9 Å². The molecule has 24 heavy (non-hydrogen) atoms. The van der Waals surface area contributed by atoms with Crippen LogP contribution in [0.5, 0.6) is 0 Å². The minimum absolute atomic E-state index is 0.224. The summed E-state index contributed by atoms with van der Waals surface area (Å²) in [6.45, 7) is 11.4. The molecule has 0 heterocycles. The van der Waals surface area contributed by atoms with Crippen LogP contribution < -0.4 is 0 Å². The molecule has 0 aliphatic heterocycles. The molecule has 1 aliphatic rings. The number of hydrogen-bond acceptors (Lipinski definition) is 3. The summed E-state index contributed by atoms with van der Waals surface area (Å²) >= 11 is 0. The van der Waals surface area contributed by atoms with Gasteiger partial charge in [0.15, 0.2) is 0 Å². The van der Waals surface area contributed by atoms with E-state index in [0.717, 1.165) is 31.4 Å². The van der Waals surface area contributed by atoms with Crippen molar-refractivity contribution >= 4 is 19.8 Å². The highest BCUT2D eigenvalue weighted by molar-refractivity contribution is 6.81. The van der Waals surface area contributed by atoms with Crippen molar-refractivity contribution in [3.8, 4) is 0 Å². The summed E-state index contributed by atoms with van der Waals surface area (Å²) in [6, 6.07) is 0. The van der Waals surface area contributed by atoms with Gasteiger partial charge in [-0.25, -0.2) is 0 Å². The summed E-state index contributed by atoms with van der Waals surface area (Å²) in [5, 5.41) is 15.7. The fourth-order valence-electron chi connectivity index (χ4n) is 3.83. The monoisotopic (exact) mass is 352 g/mol. The second kappa shape index (κ2) is 8.84. The third kappa shape index (κ3) is 7.20. The van der Waals surface area contributed by atoms with Crippen molar-refractivity contribution < 1.29 is 9.90 Å². The number of carbonyl (C=O) groups is 1. The molecule has 0 aromatic rings. The zero-order chi connectivity index (χ0) is 18.5. The van der Waals surface area contributed by atoms with Crippen molar-refractivity contribution in [3.63, 3.8) is 0 Å². The largest absolute Gasteiger partial charge is 0.481 e. The Bertz CT molecular complexity index is 492. The lowest BCUT2D eigenvalue weighted by Gasteiger charge is -2.38. The zero-order valence-electron chi connectivity index (χ0n) is 16.6. The number of aliphatic carboxylic acids is 1. The van der Waals surface area contributed by atoms with Crippen molar-refractivity contribution in [1.29, 1.82) is 0 Å². The van der Waals surface area contributed by atoms with Crippen LogP contribution in [0.15, 0.2) is 16.4 Å². The quantitative estimate of drug-likeness (QED) is 0.412. The molecule has 0 amide bonds. The molecule has 0 radical (unpaired) electrons. The summed E-state index contributed by atoms with van der Waals surface area (Å²) in [6.07, 6.45) is 4.50. The van der Waals surface area contributed by atoms with E-state index in [9.17, 15) is 9.90 Å². The fourth-order valence-corrected chi connectivity index (χ4v) is 5.28. The third-order valence-corrected chi connectivity index (χ3v) is 5.96. The maximum absolute atomic E-state index is 11.3. The van der Waals surface area contributed by atoms with E-state index in [0.29, 0.717) is 11.8 Å². The Morgan fingerprint density at radius 2 is 1.96 bits per heavy atom. The normalized spacial score (nSPS) is 27.4. The lowest BCUT2D eigenvalue weighted by molar-refractivity contribution is -0.138. The standard InChI is InChI=1S/C19H36N2O2Si/c1-14-8-10-16(12-19(22)23)18(13-24(5,6)7)17(14)11-9-15(2)20-21(3)4/h13-14,16-17H,8-12H2,1-7H3,(H,22,23)/b18-13-,20-15+/t14-,16+,17+/m1/s1. The maximum atomic E-state index is 11.3. The molecule has 0 saturated heterocycles. The van der Waals surface area contributed by atoms with Crippen LogP contribution in [0.4, 0.5) is 0 Å². The first kappa shape index (κ1) is 20.9. The number of carboxylic acids is 1. The SMILES string of the molecule is C/C(CC[C@@H]1/C(=C\[Si](C)(C)C)[C@H](CC(=O)O)CC[C@H]1C)=N\N(C)C.